The van der Waals surface area contributed by atoms with Crippen molar-refractivity contribution in [1.29, 1.82) is 0 Å². The van der Waals surface area contributed by atoms with Crippen molar-refractivity contribution < 1.29 is 4.79 Å². The first-order chi connectivity index (χ1) is 9.75. The number of nitrogens with one attached hydrogen (secondary N) is 2. The van der Waals surface area contributed by atoms with Crippen LogP contribution in [0.15, 0.2) is 65.8 Å². The van der Waals surface area contributed by atoms with Crippen molar-refractivity contribution in [3.8, 4) is 0 Å². The van der Waals surface area contributed by atoms with Crippen LogP contribution in [0.4, 0.5) is 10.5 Å². The van der Waals surface area contributed by atoms with Crippen molar-refractivity contribution in [2.75, 3.05) is 5.32 Å². The van der Waals surface area contributed by atoms with E-state index in [0.717, 1.165) is 11.3 Å². The molecule has 0 heterocycles. The molecule has 0 spiro atoms. The van der Waals surface area contributed by atoms with E-state index in [4.69, 9.17) is 0 Å². The molecule has 4 heteroatoms. The van der Waals surface area contributed by atoms with E-state index in [2.05, 4.69) is 15.8 Å². The highest BCUT2D eigenvalue weighted by molar-refractivity contribution is 5.89. The van der Waals surface area contributed by atoms with Gasteiger partial charge in [-0.15, -0.1) is 0 Å². The summed E-state index contributed by atoms with van der Waals surface area (Å²) >= 11 is 0. The van der Waals surface area contributed by atoms with Crippen LogP contribution in [0.3, 0.4) is 0 Å². The average Bonchev–Trinajstić information content (AvgIpc) is 2.49. The molecule has 0 radical (unpaired) electrons. The number of hydrogen-bond donors (Lipinski definition) is 2. The van der Waals surface area contributed by atoms with E-state index in [1.165, 1.54) is 0 Å². The van der Waals surface area contributed by atoms with Crippen molar-refractivity contribution in [1.82, 2.24) is 5.43 Å². The maximum absolute atomic E-state index is 11.6. The minimum atomic E-state index is -0.354. The number of para-hydroxylation sites is 1. The molecule has 2 aromatic carbocycles. The lowest BCUT2D eigenvalue weighted by atomic mass is 10.0. The van der Waals surface area contributed by atoms with Gasteiger partial charge in [-0.25, -0.2) is 10.2 Å². The number of anilines is 1. The van der Waals surface area contributed by atoms with Gasteiger partial charge in [-0.2, -0.15) is 5.10 Å². The third kappa shape index (κ3) is 4.24. The highest BCUT2D eigenvalue weighted by atomic mass is 16.2. The molecule has 0 fully saturated rings. The van der Waals surface area contributed by atoms with Crippen LogP contribution in [0, 0.1) is 0 Å². The van der Waals surface area contributed by atoms with Crippen LogP contribution in [0.2, 0.25) is 0 Å². The van der Waals surface area contributed by atoms with Crippen molar-refractivity contribution in [2.24, 2.45) is 5.10 Å². The van der Waals surface area contributed by atoms with E-state index in [-0.39, 0.29) is 11.9 Å². The summed E-state index contributed by atoms with van der Waals surface area (Å²) < 4.78 is 0. The van der Waals surface area contributed by atoms with E-state index < -0.39 is 0 Å². The minimum Gasteiger partial charge on any atom is -0.307 e. The maximum atomic E-state index is 11.6. The van der Waals surface area contributed by atoms with Crippen LogP contribution < -0.4 is 10.7 Å². The number of nitrogens with zero attached hydrogens (tertiary/aromatic N) is 1. The first-order valence-electron chi connectivity index (χ1n) is 6.46. The molecular weight excluding hydrogens is 250 g/mol. The molecule has 0 aliphatic rings. The molecule has 2 aromatic rings. The smallest absolute Gasteiger partial charge is 0.307 e. The summed E-state index contributed by atoms with van der Waals surface area (Å²) in [5.41, 5.74) is 4.34. The Morgan fingerprint density at radius 2 is 1.65 bits per heavy atom. The molecule has 0 saturated heterocycles. The molecule has 20 heavy (non-hydrogen) atoms. The number of urea groups is 1. The van der Waals surface area contributed by atoms with Crippen LogP contribution in [-0.4, -0.2) is 12.2 Å². The zero-order valence-electron chi connectivity index (χ0n) is 11.3. The minimum absolute atomic E-state index is 0.147. The quantitative estimate of drug-likeness (QED) is 0.645. The number of carbonyl (C=O) groups excluding carboxylic acids is 1. The van der Waals surface area contributed by atoms with Gasteiger partial charge < -0.3 is 5.32 Å². The number of rotatable bonds is 4. The van der Waals surface area contributed by atoms with E-state index >= 15 is 0 Å². The third-order valence-electron chi connectivity index (χ3n) is 2.82. The lowest BCUT2D eigenvalue weighted by Crippen LogP contribution is -2.24. The molecule has 0 aromatic heterocycles. The van der Waals surface area contributed by atoms with Crippen LogP contribution in [-0.2, 0) is 0 Å². The number of carbonyl (C=O) groups is 1. The van der Waals surface area contributed by atoms with Gasteiger partial charge in [0.1, 0.15) is 0 Å². The van der Waals surface area contributed by atoms with Crippen molar-refractivity contribution in [3.63, 3.8) is 0 Å². The molecule has 4 nitrogen and oxygen atoms in total. The summed E-state index contributed by atoms with van der Waals surface area (Å²) in [5.74, 6) is 0.147. The Balaban J connectivity index is 1.83. The Hall–Kier alpha value is -2.62. The zero-order valence-corrected chi connectivity index (χ0v) is 11.3. The Morgan fingerprint density at radius 3 is 2.30 bits per heavy atom. The lowest BCUT2D eigenvalue weighted by Gasteiger charge is -2.06. The van der Waals surface area contributed by atoms with Gasteiger partial charge in [0, 0.05) is 17.8 Å². The summed E-state index contributed by atoms with van der Waals surface area (Å²) in [6.07, 6.45) is 1.71. The summed E-state index contributed by atoms with van der Waals surface area (Å²) in [4.78, 5) is 11.6. The molecule has 0 aliphatic heterocycles. The van der Waals surface area contributed by atoms with Crippen molar-refractivity contribution in [2.45, 2.75) is 12.8 Å². The second-order valence-corrected chi connectivity index (χ2v) is 4.41. The molecular formula is C16H17N3O. The fourth-order valence-electron chi connectivity index (χ4n) is 1.73. The Morgan fingerprint density at radius 1 is 1.05 bits per heavy atom. The second-order valence-electron chi connectivity index (χ2n) is 4.41. The van der Waals surface area contributed by atoms with Gasteiger partial charge >= 0.3 is 6.03 Å². The fraction of sp³-hybridized carbons (Fsp3) is 0.125. The van der Waals surface area contributed by atoms with Crippen molar-refractivity contribution >= 4 is 17.9 Å². The van der Waals surface area contributed by atoms with Crippen LogP contribution >= 0.6 is 0 Å². The Kier molecular flexibility index (Phi) is 4.89. The van der Waals surface area contributed by atoms with E-state index in [1.807, 2.05) is 67.6 Å². The van der Waals surface area contributed by atoms with E-state index in [9.17, 15) is 4.79 Å². The number of amides is 2. The SMILES string of the molecule is C[C@@H](/C=N\NC(=O)Nc1ccccc1)c1ccccc1. The van der Waals surface area contributed by atoms with E-state index in [0.29, 0.717) is 0 Å². The summed E-state index contributed by atoms with van der Waals surface area (Å²) in [6, 6.07) is 18.9. The average molecular weight is 267 g/mol. The Bertz CT molecular complexity index is 567. The molecule has 0 aliphatic carbocycles. The number of hydrazone groups is 1. The summed E-state index contributed by atoms with van der Waals surface area (Å²) in [7, 11) is 0. The van der Waals surface area contributed by atoms with Gasteiger partial charge in [0.2, 0.25) is 0 Å². The van der Waals surface area contributed by atoms with Gasteiger partial charge in [0.25, 0.3) is 0 Å². The standard InChI is InChI=1S/C16H17N3O/c1-13(14-8-4-2-5-9-14)12-17-19-16(20)18-15-10-6-3-7-11-15/h2-13H,1H3,(H2,18,19,20)/b17-12-/t13-/m0/s1. The molecule has 2 rings (SSSR count). The first kappa shape index (κ1) is 13.8. The highest BCUT2D eigenvalue weighted by Gasteiger charge is 2.02. The van der Waals surface area contributed by atoms with Gasteiger partial charge in [-0.1, -0.05) is 55.5 Å². The lowest BCUT2D eigenvalue weighted by molar-refractivity contribution is 0.252. The third-order valence-corrected chi connectivity index (χ3v) is 2.82. The van der Waals surface area contributed by atoms with Crippen LogP contribution in [0.25, 0.3) is 0 Å². The van der Waals surface area contributed by atoms with Gasteiger partial charge in [0.15, 0.2) is 0 Å². The monoisotopic (exact) mass is 267 g/mol. The number of benzene rings is 2. The fourth-order valence-corrected chi connectivity index (χ4v) is 1.73. The topological polar surface area (TPSA) is 53.5 Å². The van der Waals surface area contributed by atoms with E-state index in [1.54, 1.807) is 6.21 Å². The number of hydrogen-bond acceptors (Lipinski definition) is 2. The maximum Gasteiger partial charge on any atom is 0.339 e. The Labute approximate surface area is 118 Å². The molecule has 102 valence electrons. The molecule has 0 saturated carbocycles. The summed E-state index contributed by atoms with van der Waals surface area (Å²) in [6.45, 7) is 2.02. The van der Waals surface area contributed by atoms with Crippen LogP contribution in [0.5, 0.6) is 0 Å². The first-order valence-corrected chi connectivity index (χ1v) is 6.46. The van der Waals surface area contributed by atoms with Gasteiger partial charge in [-0.05, 0) is 17.7 Å². The zero-order chi connectivity index (χ0) is 14.2. The normalized spacial score (nSPS) is 12.1. The second kappa shape index (κ2) is 7.09. The summed E-state index contributed by atoms with van der Waals surface area (Å²) in [5, 5.41) is 6.65. The van der Waals surface area contributed by atoms with Gasteiger partial charge in [0.05, 0.1) is 0 Å². The predicted molar refractivity (Wildman–Crippen MR) is 81.9 cm³/mol. The molecule has 0 unspecified atom stereocenters. The highest BCUT2D eigenvalue weighted by Crippen LogP contribution is 2.11. The molecule has 0 bridgehead atoms. The van der Waals surface area contributed by atoms with Gasteiger partial charge in [-0.3, -0.25) is 0 Å². The van der Waals surface area contributed by atoms with Crippen LogP contribution in [0.1, 0.15) is 18.4 Å². The molecule has 1 atom stereocenters. The largest absolute Gasteiger partial charge is 0.339 e. The molecule has 2 amide bonds. The predicted octanol–water partition coefficient (Wildman–Crippen LogP) is 3.60. The molecule has 2 N–H and O–H groups in total. The van der Waals surface area contributed by atoms with Crippen molar-refractivity contribution in [3.05, 3.63) is 66.2 Å².